The van der Waals surface area contributed by atoms with E-state index in [4.69, 9.17) is 14.0 Å². The minimum atomic E-state index is -0.834. The Morgan fingerprint density at radius 2 is 1.91 bits per heavy atom. The molecule has 0 spiro atoms. The number of rotatable bonds is 6. The van der Waals surface area contributed by atoms with Crippen molar-refractivity contribution < 1.29 is 14.0 Å². The van der Waals surface area contributed by atoms with Gasteiger partial charge in [-0.05, 0) is 19.5 Å². The largest absolute Gasteiger partial charge is 0.338 e. The minimum Gasteiger partial charge on any atom is -0.338 e. The van der Waals surface area contributed by atoms with Crippen LogP contribution in [0.1, 0.15) is 37.5 Å². The SMILES string of the molecule is CCC1(c2noc(CN(C)Cc3ccccc3)n2)OC(C)O1. The predicted octanol–water partition coefficient (Wildman–Crippen LogP) is 2.66. The highest BCUT2D eigenvalue weighted by Gasteiger charge is 2.49. The van der Waals surface area contributed by atoms with Crippen LogP contribution < -0.4 is 0 Å². The van der Waals surface area contributed by atoms with Gasteiger partial charge in [0.05, 0.1) is 6.54 Å². The lowest BCUT2D eigenvalue weighted by Crippen LogP contribution is -2.50. The summed E-state index contributed by atoms with van der Waals surface area (Å²) < 4.78 is 16.6. The second-order valence-electron chi connectivity index (χ2n) is 5.58. The highest BCUT2D eigenvalue weighted by molar-refractivity contribution is 5.14. The number of benzene rings is 1. The Hall–Kier alpha value is -1.76. The zero-order valence-electron chi connectivity index (χ0n) is 13.2. The van der Waals surface area contributed by atoms with Crippen LogP contribution in [-0.4, -0.2) is 28.4 Å². The van der Waals surface area contributed by atoms with Gasteiger partial charge >= 0.3 is 0 Å². The Morgan fingerprint density at radius 1 is 1.18 bits per heavy atom. The van der Waals surface area contributed by atoms with Crippen LogP contribution in [-0.2, 0) is 28.4 Å². The molecular weight excluding hydrogens is 282 g/mol. The van der Waals surface area contributed by atoms with Crippen LogP contribution >= 0.6 is 0 Å². The van der Waals surface area contributed by atoms with E-state index in [0.29, 0.717) is 24.7 Å². The second-order valence-corrected chi connectivity index (χ2v) is 5.58. The van der Waals surface area contributed by atoms with Gasteiger partial charge in [-0.2, -0.15) is 4.98 Å². The van der Waals surface area contributed by atoms with E-state index >= 15 is 0 Å². The van der Waals surface area contributed by atoms with Gasteiger partial charge in [0.2, 0.25) is 17.5 Å². The van der Waals surface area contributed by atoms with E-state index in [1.54, 1.807) is 0 Å². The maximum Gasteiger partial charge on any atom is 0.241 e. The van der Waals surface area contributed by atoms with Crippen LogP contribution in [0.3, 0.4) is 0 Å². The molecule has 0 unspecified atom stereocenters. The first-order valence-electron chi connectivity index (χ1n) is 7.52. The highest BCUT2D eigenvalue weighted by atomic mass is 16.9. The summed E-state index contributed by atoms with van der Waals surface area (Å²) in [5.41, 5.74) is 1.24. The van der Waals surface area contributed by atoms with Gasteiger partial charge in [-0.1, -0.05) is 42.4 Å². The fraction of sp³-hybridized carbons (Fsp3) is 0.500. The van der Waals surface area contributed by atoms with E-state index in [9.17, 15) is 0 Å². The van der Waals surface area contributed by atoms with Crippen LogP contribution in [0, 0.1) is 0 Å². The van der Waals surface area contributed by atoms with Gasteiger partial charge in [-0.3, -0.25) is 4.90 Å². The maximum atomic E-state index is 5.66. The highest BCUT2D eigenvalue weighted by Crippen LogP contribution is 2.39. The summed E-state index contributed by atoms with van der Waals surface area (Å²) in [4.78, 5) is 6.54. The molecule has 0 saturated carbocycles. The third-order valence-corrected chi connectivity index (χ3v) is 3.69. The van der Waals surface area contributed by atoms with Crippen molar-refractivity contribution in [1.82, 2.24) is 15.0 Å². The van der Waals surface area contributed by atoms with Crippen molar-refractivity contribution in [3.05, 3.63) is 47.6 Å². The molecule has 0 N–H and O–H groups in total. The van der Waals surface area contributed by atoms with Crippen molar-refractivity contribution in [2.24, 2.45) is 0 Å². The molecule has 22 heavy (non-hydrogen) atoms. The molecule has 0 atom stereocenters. The van der Waals surface area contributed by atoms with Crippen molar-refractivity contribution in [3.63, 3.8) is 0 Å². The average Bonchev–Trinajstić information content (AvgIpc) is 2.93. The van der Waals surface area contributed by atoms with Crippen LogP contribution in [0.5, 0.6) is 0 Å². The monoisotopic (exact) mass is 303 g/mol. The number of aromatic nitrogens is 2. The number of ether oxygens (including phenoxy) is 2. The summed E-state index contributed by atoms with van der Waals surface area (Å²) in [7, 11) is 2.02. The van der Waals surface area contributed by atoms with E-state index in [2.05, 4.69) is 27.2 Å². The standard InChI is InChI=1S/C16H21N3O3/c1-4-16(20-12(2)21-16)15-17-14(22-18-15)11-19(3)10-13-8-6-5-7-9-13/h5-9,12H,4,10-11H2,1-3H3. The van der Waals surface area contributed by atoms with Crippen molar-refractivity contribution in [2.45, 2.75) is 45.4 Å². The molecule has 1 aromatic heterocycles. The Morgan fingerprint density at radius 3 is 2.55 bits per heavy atom. The molecule has 1 fully saturated rings. The minimum absolute atomic E-state index is 0.220. The normalized spacial score (nSPS) is 24.5. The molecule has 3 rings (SSSR count). The Balaban J connectivity index is 1.62. The summed E-state index contributed by atoms with van der Waals surface area (Å²) >= 11 is 0. The molecule has 6 heteroatoms. The van der Waals surface area contributed by atoms with E-state index in [0.717, 1.165) is 6.54 Å². The van der Waals surface area contributed by atoms with Gasteiger partial charge < -0.3 is 14.0 Å². The molecule has 1 saturated heterocycles. The van der Waals surface area contributed by atoms with Crippen molar-refractivity contribution in [3.8, 4) is 0 Å². The van der Waals surface area contributed by atoms with E-state index in [1.807, 2.05) is 39.1 Å². The van der Waals surface area contributed by atoms with Crippen molar-refractivity contribution >= 4 is 0 Å². The van der Waals surface area contributed by atoms with Crippen LogP contribution in [0.25, 0.3) is 0 Å². The third kappa shape index (κ3) is 3.04. The van der Waals surface area contributed by atoms with E-state index < -0.39 is 5.79 Å². The summed E-state index contributed by atoms with van der Waals surface area (Å²) in [5.74, 6) is 0.198. The lowest BCUT2D eigenvalue weighted by Gasteiger charge is -2.43. The topological polar surface area (TPSA) is 60.6 Å². The molecule has 1 aliphatic heterocycles. The van der Waals surface area contributed by atoms with Crippen LogP contribution in [0.2, 0.25) is 0 Å². The fourth-order valence-electron chi connectivity index (χ4n) is 2.63. The number of hydrogen-bond donors (Lipinski definition) is 0. The van der Waals surface area contributed by atoms with Gasteiger partial charge in [-0.15, -0.1) is 0 Å². The Labute approximate surface area is 130 Å². The third-order valence-electron chi connectivity index (χ3n) is 3.69. The molecule has 6 nitrogen and oxygen atoms in total. The van der Waals surface area contributed by atoms with Gasteiger partial charge in [0.15, 0.2) is 6.29 Å². The molecule has 0 bridgehead atoms. The quantitative estimate of drug-likeness (QED) is 0.817. The summed E-state index contributed by atoms with van der Waals surface area (Å²) in [6.07, 6.45) is 0.429. The molecule has 1 aliphatic rings. The smallest absolute Gasteiger partial charge is 0.241 e. The molecule has 0 radical (unpaired) electrons. The zero-order valence-corrected chi connectivity index (χ0v) is 13.2. The Bertz CT molecular complexity index is 608. The van der Waals surface area contributed by atoms with Crippen molar-refractivity contribution in [1.29, 1.82) is 0 Å². The molecule has 0 aliphatic carbocycles. The molecule has 1 aromatic carbocycles. The Kier molecular flexibility index (Phi) is 4.24. The first kappa shape index (κ1) is 15.1. The first-order valence-corrected chi connectivity index (χ1v) is 7.52. The van der Waals surface area contributed by atoms with E-state index in [-0.39, 0.29) is 6.29 Å². The lowest BCUT2D eigenvalue weighted by molar-refractivity contribution is -0.460. The fourth-order valence-corrected chi connectivity index (χ4v) is 2.63. The molecule has 118 valence electrons. The number of nitrogens with zero attached hydrogens (tertiary/aromatic N) is 3. The molecule has 2 aromatic rings. The van der Waals surface area contributed by atoms with Gasteiger partial charge in [-0.25, -0.2) is 0 Å². The molecule has 0 amide bonds. The van der Waals surface area contributed by atoms with Gasteiger partial charge in [0.1, 0.15) is 0 Å². The summed E-state index contributed by atoms with van der Waals surface area (Å²) in [6.45, 7) is 5.23. The summed E-state index contributed by atoms with van der Waals surface area (Å²) in [6, 6.07) is 10.3. The zero-order chi connectivity index (χ0) is 15.6. The maximum absolute atomic E-state index is 5.66. The van der Waals surface area contributed by atoms with Crippen molar-refractivity contribution in [2.75, 3.05) is 7.05 Å². The predicted molar refractivity (Wildman–Crippen MR) is 79.5 cm³/mol. The first-order chi connectivity index (χ1) is 10.6. The van der Waals surface area contributed by atoms with Gasteiger partial charge in [0.25, 0.3) is 0 Å². The van der Waals surface area contributed by atoms with Gasteiger partial charge in [0, 0.05) is 13.0 Å². The number of hydrogen-bond acceptors (Lipinski definition) is 6. The van der Waals surface area contributed by atoms with Crippen LogP contribution in [0.15, 0.2) is 34.9 Å². The van der Waals surface area contributed by atoms with E-state index in [1.165, 1.54) is 5.56 Å². The van der Waals surface area contributed by atoms with Crippen LogP contribution in [0.4, 0.5) is 0 Å². The summed E-state index contributed by atoms with van der Waals surface area (Å²) in [5, 5.41) is 4.01. The lowest BCUT2D eigenvalue weighted by atomic mass is 10.1. The molecular formula is C16H21N3O3. The second kappa shape index (κ2) is 6.16. The molecule has 2 heterocycles. The average molecular weight is 303 g/mol.